The minimum absolute atomic E-state index is 0.0803. The van der Waals surface area contributed by atoms with Crippen molar-refractivity contribution in [3.05, 3.63) is 60.2 Å². The summed E-state index contributed by atoms with van der Waals surface area (Å²) in [7, 11) is 1.71. The quantitative estimate of drug-likeness (QED) is 0.342. The van der Waals surface area contributed by atoms with Gasteiger partial charge in [-0.15, -0.1) is 0 Å². The summed E-state index contributed by atoms with van der Waals surface area (Å²) in [6.45, 7) is 6.21. The highest BCUT2D eigenvalue weighted by Crippen LogP contribution is 2.53. The Morgan fingerprint density at radius 1 is 0.979 bits per heavy atom. The lowest BCUT2D eigenvalue weighted by Gasteiger charge is -2.36. The Morgan fingerprint density at radius 3 is 2.49 bits per heavy atom. The topological polar surface area (TPSA) is 129 Å². The Kier molecular flexibility index (Phi) is 10.1. The molecule has 12 nitrogen and oxygen atoms in total. The monoisotopic (exact) mass is 650 g/mol. The number of hydrogen-bond donors (Lipinski definition) is 1. The molecule has 0 aliphatic carbocycles. The van der Waals surface area contributed by atoms with Crippen LogP contribution in [0.2, 0.25) is 0 Å². The molecule has 3 amide bonds. The predicted octanol–water partition coefficient (Wildman–Crippen LogP) is 1.16. The summed E-state index contributed by atoms with van der Waals surface area (Å²) in [5.41, 5.74) is -0.678. The van der Waals surface area contributed by atoms with E-state index in [4.69, 9.17) is 14.2 Å². The molecule has 254 valence electrons. The number of aliphatic hydroxyl groups is 1. The van der Waals surface area contributed by atoms with Gasteiger partial charge in [-0.3, -0.25) is 24.1 Å². The fraction of sp³-hybridized carbons (Fsp3) is 0.600. The third-order valence-electron chi connectivity index (χ3n) is 10.4. The zero-order valence-electron chi connectivity index (χ0n) is 27.2. The van der Waals surface area contributed by atoms with E-state index in [0.29, 0.717) is 39.3 Å². The van der Waals surface area contributed by atoms with Gasteiger partial charge in [-0.25, -0.2) is 0 Å². The van der Waals surface area contributed by atoms with Gasteiger partial charge in [0.25, 0.3) is 0 Å². The van der Waals surface area contributed by atoms with E-state index in [0.717, 1.165) is 18.7 Å². The summed E-state index contributed by atoms with van der Waals surface area (Å²) in [5.74, 6) is -3.34. The minimum atomic E-state index is -1.41. The smallest absolute Gasteiger partial charge is 0.313 e. The molecular weight excluding hydrogens is 604 g/mol. The Morgan fingerprint density at radius 2 is 1.74 bits per heavy atom. The van der Waals surface area contributed by atoms with Crippen LogP contribution in [-0.4, -0.2) is 138 Å². The highest BCUT2D eigenvalue weighted by atomic mass is 16.6. The van der Waals surface area contributed by atoms with Crippen molar-refractivity contribution in [1.29, 1.82) is 0 Å². The van der Waals surface area contributed by atoms with E-state index in [1.807, 2.05) is 55.5 Å². The molecular formula is C35H46N4O8. The van der Waals surface area contributed by atoms with E-state index in [1.54, 1.807) is 22.9 Å². The summed E-state index contributed by atoms with van der Waals surface area (Å²) in [5, 5.41) is 9.71. The number of allylic oxidation sites excluding steroid dienone is 1. The molecule has 1 spiro atoms. The summed E-state index contributed by atoms with van der Waals surface area (Å²) in [6, 6.07) is 7.79. The molecule has 0 aromatic heterocycles. The van der Waals surface area contributed by atoms with Crippen molar-refractivity contribution >= 4 is 23.7 Å². The molecule has 0 unspecified atom stereocenters. The van der Waals surface area contributed by atoms with Gasteiger partial charge in [0.1, 0.15) is 23.7 Å². The van der Waals surface area contributed by atoms with Crippen LogP contribution in [0, 0.1) is 11.8 Å². The second-order valence-electron chi connectivity index (χ2n) is 13.1. The first-order chi connectivity index (χ1) is 22.8. The van der Waals surface area contributed by atoms with Crippen molar-refractivity contribution < 1.29 is 38.5 Å². The highest BCUT2D eigenvalue weighted by molar-refractivity contribution is 5.99. The number of rotatable bonds is 7. The third kappa shape index (κ3) is 6.36. The molecule has 0 radical (unpaired) electrons. The summed E-state index contributed by atoms with van der Waals surface area (Å²) < 4.78 is 18.5. The number of morpholine rings is 1. The highest BCUT2D eigenvalue weighted by Gasteiger charge is 2.71. The summed E-state index contributed by atoms with van der Waals surface area (Å²) in [4.78, 5) is 63.6. The number of hydrogen-bond acceptors (Lipinski definition) is 9. The van der Waals surface area contributed by atoms with Crippen molar-refractivity contribution in [2.75, 3.05) is 66.1 Å². The average Bonchev–Trinajstić information content (AvgIpc) is 3.47. The van der Waals surface area contributed by atoms with Gasteiger partial charge < -0.3 is 34.0 Å². The maximum Gasteiger partial charge on any atom is 0.313 e. The second-order valence-corrected chi connectivity index (χ2v) is 13.1. The van der Waals surface area contributed by atoms with Crippen molar-refractivity contribution in [1.82, 2.24) is 19.6 Å². The number of benzene rings is 1. The summed E-state index contributed by atoms with van der Waals surface area (Å²) in [6.07, 6.45) is 6.56. The largest absolute Gasteiger partial charge is 0.455 e. The molecule has 7 atom stereocenters. The number of amides is 3. The van der Waals surface area contributed by atoms with E-state index < -0.39 is 47.7 Å². The fourth-order valence-corrected chi connectivity index (χ4v) is 7.70. The lowest BCUT2D eigenvalue weighted by atomic mass is 9.77. The van der Waals surface area contributed by atoms with E-state index in [-0.39, 0.29) is 43.7 Å². The number of ether oxygens (including phenoxy) is 3. The van der Waals surface area contributed by atoms with Gasteiger partial charge in [-0.1, -0.05) is 54.6 Å². The molecule has 0 bridgehead atoms. The third-order valence-corrected chi connectivity index (χ3v) is 10.4. The molecule has 6 rings (SSSR count). The van der Waals surface area contributed by atoms with Gasteiger partial charge in [0.15, 0.2) is 0 Å². The van der Waals surface area contributed by atoms with Crippen LogP contribution in [0.3, 0.4) is 0 Å². The standard InChI is InChI=1S/C35H46N4O8/c1-24-30(25-10-4-3-5-11-25)46-34(44)28-26(12-6-7-13-27(41)36(24)2)47-35-14-8-15-38(18-17-37-19-22-45-23-20-37)33(43)31(35)39(16-9-21-40)32(42)29(28)35/h3-6,8,10-12,14,24,26,28-31,40H,7,9,13,15-23H2,1-2H3/b12-6-/t24-,26-,28+,29+,30+,31-,35+/m0/s1. The van der Waals surface area contributed by atoms with Crippen molar-refractivity contribution in [2.24, 2.45) is 11.8 Å². The molecule has 47 heavy (non-hydrogen) atoms. The molecule has 3 saturated heterocycles. The Hall–Kier alpha value is -3.58. The predicted molar refractivity (Wildman–Crippen MR) is 171 cm³/mol. The number of nitrogens with zero attached hydrogens (tertiary/aromatic N) is 4. The van der Waals surface area contributed by atoms with Gasteiger partial charge in [-0.2, -0.15) is 0 Å². The zero-order valence-corrected chi connectivity index (χ0v) is 27.2. The van der Waals surface area contributed by atoms with Gasteiger partial charge in [0.2, 0.25) is 17.7 Å². The van der Waals surface area contributed by atoms with E-state index in [1.165, 1.54) is 4.90 Å². The van der Waals surface area contributed by atoms with Crippen LogP contribution in [0.15, 0.2) is 54.6 Å². The van der Waals surface area contributed by atoms with Gasteiger partial charge in [-0.05, 0) is 25.3 Å². The number of esters is 1. The van der Waals surface area contributed by atoms with Gasteiger partial charge in [0, 0.05) is 59.3 Å². The number of aliphatic hydroxyl groups excluding tert-OH is 1. The van der Waals surface area contributed by atoms with Gasteiger partial charge >= 0.3 is 5.97 Å². The number of carbonyl (C=O) groups is 4. The first kappa shape index (κ1) is 33.3. The number of carbonyl (C=O) groups excluding carboxylic acids is 4. The Labute approximate surface area is 275 Å². The molecule has 3 fully saturated rings. The number of fused-ring (bicyclic) bond motifs is 2. The van der Waals surface area contributed by atoms with Crippen LogP contribution in [0.25, 0.3) is 0 Å². The first-order valence-electron chi connectivity index (χ1n) is 16.8. The van der Waals surface area contributed by atoms with Crippen LogP contribution in [-0.2, 0) is 33.4 Å². The van der Waals surface area contributed by atoms with E-state index in [9.17, 15) is 24.3 Å². The van der Waals surface area contributed by atoms with Gasteiger partial charge in [0.05, 0.1) is 31.3 Å². The van der Waals surface area contributed by atoms with Crippen molar-refractivity contribution in [3.8, 4) is 0 Å². The molecule has 5 aliphatic rings. The Bertz CT molecular complexity index is 1380. The maximum absolute atomic E-state index is 14.5. The Balaban J connectivity index is 1.36. The van der Waals surface area contributed by atoms with Crippen molar-refractivity contribution in [3.63, 3.8) is 0 Å². The van der Waals surface area contributed by atoms with Crippen molar-refractivity contribution in [2.45, 2.75) is 56.1 Å². The lowest BCUT2D eigenvalue weighted by molar-refractivity contribution is -0.164. The van der Waals surface area contributed by atoms with E-state index >= 15 is 0 Å². The molecule has 1 aromatic rings. The molecule has 5 aliphatic heterocycles. The van der Waals surface area contributed by atoms with E-state index in [2.05, 4.69) is 4.90 Å². The fourth-order valence-electron chi connectivity index (χ4n) is 7.70. The van der Waals surface area contributed by atoms with Crippen LogP contribution >= 0.6 is 0 Å². The normalized spacial score (nSPS) is 34.2. The number of cyclic esters (lactones) is 1. The van der Waals surface area contributed by atoms with Crippen LogP contribution < -0.4 is 0 Å². The minimum Gasteiger partial charge on any atom is -0.455 e. The second kappa shape index (κ2) is 14.3. The first-order valence-corrected chi connectivity index (χ1v) is 16.8. The molecule has 12 heteroatoms. The average molecular weight is 651 g/mol. The van der Waals surface area contributed by atoms with Crippen LogP contribution in [0.4, 0.5) is 0 Å². The molecule has 1 aromatic carbocycles. The summed E-state index contributed by atoms with van der Waals surface area (Å²) >= 11 is 0. The lowest BCUT2D eigenvalue weighted by Crippen LogP contribution is -2.56. The SMILES string of the molecule is C[C@H]1[C@H](c2ccccc2)OC(=O)[C@@H]2[C@H](/C=C\CCC(=O)N1C)O[C@@]13C=CCN(CCN4CCOCC4)C(=O)[C@@H]1N(CCCO)C(=O)[C@@H]23. The molecule has 1 N–H and O–H groups in total. The van der Waals surface area contributed by atoms with Crippen LogP contribution in [0.1, 0.15) is 37.9 Å². The number of likely N-dealkylation sites (tertiary alicyclic amines) is 1. The number of likely N-dealkylation sites (N-methyl/N-ethyl adjacent to an activating group) is 1. The zero-order chi connectivity index (χ0) is 33.1. The maximum atomic E-state index is 14.5. The molecule has 5 heterocycles. The van der Waals surface area contributed by atoms with Crippen LogP contribution in [0.5, 0.6) is 0 Å². The molecule has 0 saturated carbocycles.